The molecule has 0 atom stereocenters. The molecule has 1 heterocycles. The lowest BCUT2D eigenvalue weighted by atomic mass is 10.3. The number of rotatable bonds is 3. The van der Waals surface area contributed by atoms with Gasteiger partial charge in [-0.05, 0) is 46.3 Å². The minimum Gasteiger partial charge on any atom is -0.478 e. The second-order valence-electron chi connectivity index (χ2n) is 3.49. The quantitative estimate of drug-likeness (QED) is 0.854. The fraction of sp³-hybridized carbons (Fsp3) is 0. The van der Waals surface area contributed by atoms with Gasteiger partial charge in [-0.25, -0.2) is 9.78 Å². The van der Waals surface area contributed by atoms with Crippen molar-refractivity contribution in [3.63, 3.8) is 0 Å². The zero-order chi connectivity index (χ0) is 13.1. The number of aromatic nitrogens is 1. The van der Waals surface area contributed by atoms with Crippen LogP contribution in [0.15, 0.2) is 45.5 Å². The van der Waals surface area contributed by atoms with Crippen LogP contribution < -0.4 is 5.32 Å². The summed E-state index contributed by atoms with van der Waals surface area (Å²) in [6.07, 6.45) is 1.32. The summed E-state index contributed by atoms with van der Waals surface area (Å²) >= 11 is 6.80. The maximum Gasteiger partial charge on any atom is 0.337 e. The van der Waals surface area contributed by atoms with Crippen molar-refractivity contribution in [3.8, 4) is 0 Å². The minimum atomic E-state index is -0.987. The van der Waals surface area contributed by atoms with E-state index in [2.05, 4.69) is 42.2 Å². The zero-order valence-corrected chi connectivity index (χ0v) is 12.2. The van der Waals surface area contributed by atoms with E-state index in [1.54, 1.807) is 6.07 Å². The molecule has 0 aliphatic rings. The average molecular weight is 372 g/mol. The molecular formula is C12H8Br2N2O2. The highest BCUT2D eigenvalue weighted by Crippen LogP contribution is 2.28. The molecule has 1 aromatic carbocycles. The van der Waals surface area contributed by atoms with E-state index in [4.69, 9.17) is 5.11 Å². The predicted molar refractivity (Wildman–Crippen MR) is 76.3 cm³/mol. The number of pyridine rings is 1. The Morgan fingerprint density at radius 1 is 1.22 bits per heavy atom. The smallest absolute Gasteiger partial charge is 0.337 e. The van der Waals surface area contributed by atoms with Crippen molar-refractivity contribution in [1.82, 2.24) is 4.98 Å². The van der Waals surface area contributed by atoms with Gasteiger partial charge in [-0.1, -0.05) is 15.9 Å². The van der Waals surface area contributed by atoms with Crippen LogP contribution in [0.1, 0.15) is 10.4 Å². The number of carboxylic acids is 1. The Morgan fingerprint density at radius 2 is 2.00 bits per heavy atom. The third kappa shape index (κ3) is 3.08. The summed E-state index contributed by atoms with van der Waals surface area (Å²) in [6, 6.07) is 8.83. The molecule has 0 saturated heterocycles. The molecule has 2 N–H and O–H groups in total. The normalized spacial score (nSPS) is 10.1. The summed E-state index contributed by atoms with van der Waals surface area (Å²) < 4.78 is 1.86. The van der Waals surface area contributed by atoms with Crippen molar-refractivity contribution in [1.29, 1.82) is 0 Å². The molecule has 0 aliphatic heterocycles. The molecule has 0 aliphatic carbocycles. The number of halogens is 2. The molecule has 18 heavy (non-hydrogen) atoms. The van der Waals surface area contributed by atoms with Crippen LogP contribution in [0.3, 0.4) is 0 Å². The maximum absolute atomic E-state index is 10.7. The Hall–Kier alpha value is -1.40. The van der Waals surface area contributed by atoms with Crippen LogP contribution in [0.2, 0.25) is 0 Å². The first-order valence-electron chi connectivity index (χ1n) is 4.97. The molecule has 0 spiro atoms. The van der Waals surface area contributed by atoms with Gasteiger partial charge in [0, 0.05) is 15.1 Å². The lowest BCUT2D eigenvalue weighted by Crippen LogP contribution is -1.99. The van der Waals surface area contributed by atoms with Gasteiger partial charge in [0.2, 0.25) is 0 Å². The van der Waals surface area contributed by atoms with Gasteiger partial charge < -0.3 is 10.4 Å². The summed E-state index contributed by atoms with van der Waals surface area (Å²) in [6.45, 7) is 0. The molecule has 2 aromatic rings. The highest BCUT2D eigenvalue weighted by molar-refractivity contribution is 9.11. The SMILES string of the molecule is O=C(O)c1ccc(Nc2ccc(Br)cc2Br)nc1. The van der Waals surface area contributed by atoms with Gasteiger partial charge in [-0.15, -0.1) is 0 Å². The zero-order valence-electron chi connectivity index (χ0n) is 9.02. The van der Waals surface area contributed by atoms with Crippen molar-refractivity contribution < 1.29 is 9.90 Å². The molecule has 6 heteroatoms. The first-order chi connectivity index (χ1) is 8.56. The van der Waals surface area contributed by atoms with Crippen molar-refractivity contribution in [2.24, 2.45) is 0 Å². The fourth-order valence-corrected chi connectivity index (χ4v) is 2.47. The van der Waals surface area contributed by atoms with Gasteiger partial charge in [0.1, 0.15) is 5.82 Å². The number of carboxylic acid groups (broad SMARTS) is 1. The molecule has 0 saturated carbocycles. The summed E-state index contributed by atoms with van der Waals surface area (Å²) in [7, 11) is 0. The minimum absolute atomic E-state index is 0.162. The molecule has 0 unspecified atom stereocenters. The fourth-order valence-electron chi connectivity index (χ4n) is 1.32. The number of hydrogen-bond donors (Lipinski definition) is 2. The Morgan fingerprint density at radius 3 is 2.56 bits per heavy atom. The van der Waals surface area contributed by atoms with E-state index in [0.29, 0.717) is 5.82 Å². The van der Waals surface area contributed by atoms with E-state index in [0.717, 1.165) is 14.6 Å². The highest BCUT2D eigenvalue weighted by atomic mass is 79.9. The number of nitrogens with zero attached hydrogens (tertiary/aromatic N) is 1. The third-order valence-corrected chi connectivity index (χ3v) is 3.35. The summed E-state index contributed by atoms with van der Waals surface area (Å²) in [5.41, 5.74) is 1.02. The van der Waals surface area contributed by atoms with Crippen LogP contribution >= 0.6 is 31.9 Å². The van der Waals surface area contributed by atoms with Crippen LogP contribution in [0, 0.1) is 0 Å². The van der Waals surface area contributed by atoms with E-state index in [1.807, 2.05) is 18.2 Å². The summed E-state index contributed by atoms with van der Waals surface area (Å²) in [5, 5.41) is 11.9. The molecule has 0 bridgehead atoms. The van der Waals surface area contributed by atoms with Gasteiger partial charge in [-0.3, -0.25) is 0 Å². The van der Waals surface area contributed by atoms with Gasteiger partial charge in [0.25, 0.3) is 0 Å². The van der Waals surface area contributed by atoms with Crippen LogP contribution in [0.4, 0.5) is 11.5 Å². The van der Waals surface area contributed by atoms with E-state index >= 15 is 0 Å². The molecular weight excluding hydrogens is 364 g/mol. The van der Waals surface area contributed by atoms with E-state index in [9.17, 15) is 4.79 Å². The van der Waals surface area contributed by atoms with Crippen molar-refractivity contribution in [2.75, 3.05) is 5.32 Å². The first kappa shape index (κ1) is 13.0. The second kappa shape index (κ2) is 5.49. The molecule has 4 nitrogen and oxygen atoms in total. The number of anilines is 2. The van der Waals surface area contributed by atoms with Gasteiger partial charge in [-0.2, -0.15) is 0 Å². The monoisotopic (exact) mass is 370 g/mol. The lowest BCUT2D eigenvalue weighted by Gasteiger charge is -2.08. The predicted octanol–water partition coefficient (Wildman–Crippen LogP) is 4.05. The molecule has 0 fully saturated rings. The summed E-state index contributed by atoms with van der Waals surface area (Å²) in [4.78, 5) is 14.7. The molecule has 1 aromatic heterocycles. The molecule has 2 rings (SSSR count). The van der Waals surface area contributed by atoms with Crippen LogP contribution in [-0.4, -0.2) is 16.1 Å². The topological polar surface area (TPSA) is 62.2 Å². The maximum atomic E-state index is 10.7. The Kier molecular flexibility index (Phi) is 3.98. The standard InChI is InChI=1S/C12H8Br2N2O2/c13-8-2-3-10(9(14)5-8)16-11-4-1-7(6-15-11)12(17)18/h1-6H,(H,15,16)(H,17,18). The Labute approximate surface area is 120 Å². The molecule has 0 amide bonds. The van der Waals surface area contributed by atoms with Crippen LogP contribution in [0.25, 0.3) is 0 Å². The Bertz CT molecular complexity index is 585. The van der Waals surface area contributed by atoms with Crippen LogP contribution in [0.5, 0.6) is 0 Å². The van der Waals surface area contributed by atoms with Crippen molar-refractivity contribution in [2.45, 2.75) is 0 Å². The number of carbonyl (C=O) groups is 1. The highest BCUT2D eigenvalue weighted by Gasteiger charge is 2.05. The third-order valence-electron chi connectivity index (χ3n) is 2.20. The van der Waals surface area contributed by atoms with E-state index in [-0.39, 0.29) is 5.56 Å². The second-order valence-corrected chi connectivity index (χ2v) is 5.26. The molecule has 92 valence electrons. The first-order valence-corrected chi connectivity index (χ1v) is 6.56. The van der Waals surface area contributed by atoms with Crippen molar-refractivity contribution >= 4 is 49.3 Å². The van der Waals surface area contributed by atoms with Gasteiger partial charge >= 0.3 is 5.97 Å². The summed E-state index contributed by atoms with van der Waals surface area (Å²) in [5.74, 6) is -0.401. The van der Waals surface area contributed by atoms with Gasteiger partial charge in [0.15, 0.2) is 0 Å². The average Bonchev–Trinajstić information content (AvgIpc) is 2.33. The Balaban J connectivity index is 2.21. The van der Waals surface area contributed by atoms with Crippen molar-refractivity contribution in [3.05, 3.63) is 51.0 Å². The lowest BCUT2D eigenvalue weighted by molar-refractivity contribution is 0.0696. The van der Waals surface area contributed by atoms with E-state index < -0.39 is 5.97 Å². The van der Waals surface area contributed by atoms with Gasteiger partial charge in [0.05, 0.1) is 11.3 Å². The number of nitrogens with one attached hydrogen (secondary N) is 1. The molecule has 0 radical (unpaired) electrons. The number of hydrogen-bond acceptors (Lipinski definition) is 3. The van der Waals surface area contributed by atoms with Crippen LogP contribution in [-0.2, 0) is 0 Å². The largest absolute Gasteiger partial charge is 0.478 e. The number of benzene rings is 1. The number of aromatic carboxylic acids is 1. The van der Waals surface area contributed by atoms with E-state index in [1.165, 1.54) is 12.3 Å².